The van der Waals surface area contributed by atoms with E-state index in [0.717, 1.165) is 11.1 Å². The van der Waals surface area contributed by atoms with Crippen LogP contribution in [0.5, 0.6) is 0 Å². The molecule has 1 heterocycles. The molecule has 0 unspecified atom stereocenters. The Morgan fingerprint density at radius 2 is 1.55 bits per heavy atom. The molecule has 1 aliphatic rings. The Bertz CT molecular complexity index is 823. The van der Waals surface area contributed by atoms with Gasteiger partial charge < -0.3 is 14.8 Å². The Kier molecular flexibility index (Phi) is 7.28. The number of alkyl carbamates (subject to hydrolysis) is 1. The largest absolute Gasteiger partial charge is 0.445 e. The van der Waals surface area contributed by atoms with Gasteiger partial charge in [-0.15, -0.1) is 0 Å². The molecule has 2 atom stereocenters. The van der Waals surface area contributed by atoms with Crippen molar-refractivity contribution < 1.29 is 19.1 Å². The highest BCUT2D eigenvalue weighted by Gasteiger charge is 2.26. The number of hydrogen-bond donors (Lipinski definition) is 1. The highest BCUT2D eigenvalue weighted by atomic mass is 16.6. The second-order valence-corrected chi connectivity index (χ2v) is 7.00. The van der Waals surface area contributed by atoms with Crippen molar-refractivity contribution in [2.24, 2.45) is 0 Å². The first-order valence-electron chi connectivity index (χ1n) is 9.73. The first-order chi connectivity index (χ1) is 14.1. The van der Waals surface area contributed by atoms with Crippen molar-refractivity contribution in [2.75, 3.05) is 6.54 Å². The van der Waals surface area contributed by atoms with E-state index in [1.54, 1.807) is 4.90 Å². The maximum Gasteiger partial charge on any atom is 0.410 e. The molecule has 0 saturated carbocycles. The molecule has 152 valence electrons. The van der Waals surface area contributed by atoms with Gasteiger partial charge in [0.05, 0.1) is 12.1 Å². The van der Waals surface area contributed by atoms with Crippen LogP contribution in [0.3, 0.4) is 0 Å². The van der Waals surface area contributed by atoms with Crippen LogP contribution in [0.4, 0.5) is 9.59 Å². The van der Waals surface area contributed by atoms with Gasteiger partial charge >= 0.3 is 12.2 Å². The van der Waals surface area contributed by atoms with E-state index in [0.29, 0.717) is 13.0 Å². The number of carbonyl (C=O) groups excluding carboxylic acids is 2. The molecular formula is C23H26N2O4. The van der Waals surface area contributed by atoms with E-state index in [2.05, 4.69) is 5.32 Å². The number of hydrogen-bond acceptors (Lipinski definition) is 4. The van der Waals surface area contributed by atoms with E-state index in [-0.39, 0.29) is 25.3 Å². The number of benzene rings is 2. The molecule has 2 amide bonds. The second-order valence-electron chi connectivity index (χ2n) is 7.00. The second kappa shape index (κ2) is 10.3. The number of nitrogens with zero attached hydrogens (tertiary/aromatic N) is 1. The van der Waals surface area contributed by atoms with E-state index < -0.39 is 12.2 Å². The minimum atomic E-state index is -0.501. The Labute approximate surface area is 171 Å². The summed E-state index contributed by atoms with van der Waals surface area (Å²) in [6, 6.07) is 18.7. The SMILES string of the molecule is C[C@H]1C=CC[C@H](NC(=O)OCc2ccccc2)CN1C(=O)OCc1ccccc1. The first-order valence-corrected chi connectivity index (χ1v) is 9.73. The molecule has 0 fully saturated rings. The van der Waals surface area contributed by atoms with Crippen molar-refractivity contribution in [1.29, 1.82) is 0 Å². The Morgan fingerprint density at radius 3 is 2.17 bits per heavy atom. The molecular weight excluding hydrogens is 368 g/mol. The number of carbonyl (C=O) groups is 2. The van der Waals surface area contributed by atoms with Crippen LogP contribution >= 0.6 is 0 Å². The minimum Gasteiger partial charge on any atom is -0.445 e. The van der Waals surface area contributed by atoms with Gasteiger partial charge in [0.2, 0.25) is 0 Å². The van der Waals surface area contributed by atoms with Crippen molar-refractivity contribution in [3.8, 4) is 0 Å². The lowest BCUT2D eigenvalue weighted by molar-refractivity contribution is 0.0848. The fraction of sp³-hybridized carbons (Fsp3) is 0.304. The topological polar surface area (TPSA) is 67.9 Å². The highest BCUT2D eigenvalue weighted by Crippen LogP contribution is 2.14. The predicted octanol–water partition coefficient (Wildman–Crippen LogP) is 4.27. The molecule has 0 bridgehead atoms. The molecule has 3 rings (SSSR count). The van der Waals surface area contributed by atoms with Crippen LogP contribution in [-0.4, -0.2) is 35.7 Å². The standard InChI is InChI=1S/C23H26N2O4/c1-18-9-8-14-21(24-22(26)28-16-19-10-4-2-5-11-19)15-25(18)23(27)29-17-20-12-6-3-7-13-20/h2-13,18,21H,14-17H2,1H3,(H,24,26)/t18-,21-/m0/s1. The third kappa shape index (κ3) is 6.38. The van der Waals surface area contributed by atoms with Gasteiger partial charge in [0.25, 0.3) is 0 Å². The summed E-state index contributed by atoms with van der Waals surface area (Å²) in [4.78, 5) is 26.4. The molecule has 0 aromatic heterocycles. The van der Waals surface area contributed by atoms with Gasteiger partial charge in [-0.25, -0.2) is 9.59 Å². The molecule has 0 radical (unpaired) electrons. The molecule has 6 nitrogen and oxygen atoms in total. The molecule has 1 N–H and O–H groups in total. The Balaban J connectivity index is 1.51. The summed E-state index contributed by atoms with van der Waals surface area (Å²) in [5.41, 5.74) is 1.85. The molecule has 6 heteroatoms. The first kappa shape index (κ1) is 20.5. The van der Waals surface area contributed by atoms with Crippen LogP contribution in [0.25, 0.3) is 0 Å². The summed E-state index contributed by atoms with van der Waals surface area (Å²) in [7, 11) is 0. The van der Waals surface area contributed by atoms with Crippen molar-refractivity contribution >= 4 is 12.2 Å². The van der Waals surface area contributed by atoms with Gasteiger partial charge in [-0.2, -0.15) is 0 Å². The quantitative estimate of drug-likeness (QED) is 0.769. The van der Waals surface area contributed by atoms with Gasteiger partial charge in [-0.05, 0) is 24.5 Å². The zero-order valence-electron chi connectivity index (χ0n) is 16.5. The van der Waals surface area contributed by atoms with Gasteiger partial charge in [-0.3, -0.25) is 4.90 Å². The van der Waals surface area contributed by atoms with Gasteiger partial charge in [0.15, 0.2) is 0 Å². The smallest absolute Gasteiger partial charge is 0.410 e. The van der Waals surface area contributed by atoms with Crippen LogP contribution < -0.4 is 5.32 Å². The number of ether oxygens (including phenoxy) is 2. The van der Waals surface area contributed by atoms with Gasteiger partial charge in [0.1, 0.15) is 13.2 Å². The zero-order valence-corrected chi connectivity index (χ0v) is 16.5. The van der Waals surface area contributed by atoms with Gasteiger partial charge in [-0.1, -0.05) is 72.8 Å². The third-order valence-electron chi connectivity index (χ3n) is 4.72. The van der Waals surface area contributed by atoms with Crippen molar-refractivity contribution in [3.63, 3.8) is 0 Å². The molecule has 29 heavy (non-hydrogen) atoms. The van der Waals surface area contributed by atoms with E-state index >= 15 is 0 Å². The monoisotopic (exact) mass is 394 g/mol. The average molecular weight is 394 g/mol. The third-order valence-corrected chi connectivity index (χ3v) is 4.72. The maximum absolute atomic E-state index is 12.6. The number of amides is 2. The normalized spacial score (nSPS) is 18.6. The van der Waals surface area contributed by atoms with Crippen LogP contribution in [-0.2, 0) is 22.7 Å². The summed E-state index contributed by atoms with van der Waals surface area (Å²) >= 11 is 0. The summed E-state index contributed by atoms with van der Waals surface area (Å²) in [6.07, 6.45) is 3.63. The number of nitrogens with one attached hydrogen (secondary N) is 1. The van der Waals surface area contributed by atoms with Crippen molar-refractivity contribution in [2.45, 2.75) is 38.6 Å². The molecule has 2 aromatic carbocycles. The van der Waals surface area contributed by atoms with E-state index in [1.165, 1.54) is 0 Å². The maximum atomic E-state index is 12.6. The van der Waals surface area contributed by atoms with Crippen LogP contribution in [0, 0.1) is 0 Å². The van der Waals surface area contributed by atoms with Crippen LogP contribution in [0.1, 0.15) is 24.5 Å². The fourth-order valence-electron chi connectivity index (χ4n) is 3.10. The lowest BCUT2D eigenvalue weighted by Gasteiger charge is -2.28. The summed E-state index contributed by atoms with van der Waals surface area (Å²) in [6.45, 7) is 2.69. The molecule has 0 aliphatic carbocycles. The van der Waals surface area contributed by atoms with Crippen LogP contribution in [0.2, 0.25) is 0 Å². The lowest BCUT2D eigenvalue weighted by atomic mass is 10.2. The summed E-state index contributed by atoms with van der Waals surface area (Å²) in [5, 5.41) is 2.85. The minimum absolute atomic E-state index is 0.120. The van der Waals surface area contributed by atoms with Crippen LogP contribution in [0.15, 0.2) is 72.8 Å². The van der Waals surface area contributed by atoms with Gasteiger partial charge in [0, 0.05) is 6.54 Å². The molecule has 0 saturated heterocycles. The zero-order chi connectivity index (χ0) is 20.5. The van der Waals surface area contributed by atoms with Crippen molar-refractivity contribution in [1.82, 2.24) is 10.2 Å². The van der Waals surface area contributed by atoms with Crippen molar-refractivity contribution in [3.05, 3.63) is 83.9 Å². The predicted molar refractivity (Wildman–Crippen MR) is 110 cm³/mol. The highest BCUT2D eigenvalue weighted by molar-refractivity contribution is 5.70. The summed E-state index contributed by atoms with van der Waals surface area (Å²) < 4.78 is 10.8. The lowest BCUT2D eigenvalue weighted by Crippen LogP contribution is -2.47. The fourth-order valence-corrected chi connectivity index (χ4v) is 3.10. The Hall–Kier alpha value is -3.28. The van der Waals surface area contributed by atoms with E-state index in [9.17, 15) is 9.59 Å². The van der Waals surface area contributed by atoms with E-state index in [1.807, 2.05) is 79.7 Å². The molecule has 2 aromatic rings. The molecule has 1 aliphatic heterocycles. The molecule has 0 spiro atoms. The van der Waals surface area contributed by atoms with E-state index in [4.69, 9.17) is 9.47 Å². The summed E-state index contributed by atoms with van der Waals surface area (Å²) in [5.74, 6) is 0. The average Bonchev–Trinajstić information content (AvgIpc) is 2.93. The number of rotatable bonds is 5. The Morgan fingerprint density at radius 1 is 0.966 bits per heavy atom.